The van der Waals surface area contributed by atoms with Crippen molar-refractivity contribution in [1.82, 2.24) is 0 Å². The van der Waals surface area contributed by atoms with Crippen LogP contribution in [0.2, 0.25) is 0 Å². The van der Waals surface area contributed by atoms with Gasteiger partial charge in [-0.3, -0.25) is 4.79 Å². The Morgan fingerprint density at radius 3 is 2.48 bits per heavy atom. The summed E-state index contributed by atoms with van der Waals surface area (Å²) in [4.78, 5) is 12.4. The predicted octanol–water partition coefficient (Wildman–Crippen LogP) is 5.26. The van der Waals surface area contributed by atoms with E-state index in [-0.39, 0.29) is 5.91 Å². The van der Waals surface area contributed by atoms with E-state index >= 15 is 0 Å². The minimum absolute atomic E-state index is 0.214. The third kappa shape index (κ3) is 4.72. The van der Waals surface area contributed by atoms with Gasteiger partial charge in [-0.05, 0) is 58.7 Å². The zero-order valence-electron chi connectivity index (χ0n) is 12.9. The molecule has 0 atom stereocenters. The summed E-state index contributed by atoms with van der Waals surface area (Å²) >= 11 is 6.81. The molecule has 0 aliphatic heterocycles. The number of methoxy groups -OCH3 is 1. The van der Waals surface area contributed by atoms with Gasteiger partial charge in [-0.15, -0.1) is 0 Å². The molecule has 0 aliphatic carbocycles. The largest absolute Gasteiger partial charge is 0.493 e. The van der Waals surface area contributed by atoms with Gasteiger partial charge in [-0.25, -0.2) is 0 Å². The Hall–Kier alpha value is -1.53. The van der Waals surface area contributed by atoms with Crippen molar-refractivity contribution in [3.05, 3.63) is 50.9 Å². The number of benzene rings is 2. The van der Waals surface area contributed by atoms with E-state index in [2.05, 4.69) is 37.2 Å². The van der Waals surface area contributed by atoms with E-state index in [4.69, 9.17) is 9.47 Å². The van der Waals surface area contributed by atoms with E-state index in [9.17, 15) is 4.79 Å². The fourth-order valence-electron chi connectivity index (χ4n) is 1.93. The standard InChI is InChI=1S/C17H17Br2NO3/c1-3-8-23-16-14(19)9-11(10-15(16)22-2)17(21)20-13-6-4-12(18)5-7-13/h4-7,9-10H,3,8H2,1-2H3,(H,20,21). The lowest BCUT2D eigenvalue weighted by Gasteiger charge is -2.14. The van der Waals surface area contributed by atoms with Crippen LogP contribution < -0.4 is 14.8 Å². The van der Waals surface area contributed by atoms with Gasteiger partial charge in [-0.1, -0.05) is 22.9 Å². The lowest BCUT2D eigenvalue weighted by atomic mass is 10.1. The molecule has 0 radical (unpaired) electrons. The van der Waals surface area contributed by atoms with Gasteiger partial charge in [0.1, 0.15) is 0 Å². The molecule has 0 aromatic heterocycles. The first kappa shape index (κ1) is 17.8. The number of amides is 1. The summed E-state index contributed by atoms with van der Waals surface area (Å²) in [6.45, 7) is 2.61. The number of carbonyl (C=O) groups excluding carboxylic acids is 1. The number of nitrogens with one attached hydrogen (secondary N) is 1. The van der Waals surface area contributed by atoms with Gasteiger partial charge in [0.15, 0.2) is 11.5 Å². The zero-order chi connectivity index (χ0) is 16.8. The van der Waals surface area contributed by atoms with Crippen LogP contribution in [0.1, 0.15) is 23.7 Å². The third-order valence-electron chi connectivity index (χ3n) is 3.04. The molecular weight excluding hydrogens is 426 g/mol. The van der Waals surface area contributed by atoms with E-state index in [1.54, 1.807) is 19.2 Å². The van der Waals surface area contributed by atoms with Gasteiger partial charge in [-0.2, -0.15) is 0 Å². The summed E-state index contributed by atoms with van der Waals surface area (Å²) in [6.07, 6.45) is 0.890. The summed E-state index contributed by atoms with van der Waals surface area (Å²) in [6, 6.07) is 10.8. The van der Waals surface area contributed by atoms with Crippen molar-refractivity contribution in [2.45, 2.75) is 13.3 Å². The molecule has 23 heavy (non-hydrogen) atoms. The molecule has 122 valence electrons. The Bertz CT molecular complexity index is 687. The average molecular weight is 443 g/mol. The van der Waals surface area contributed by atoms with Crippen molar-refractivity contribution in [3.63, 3.8) is 0 Å². The molecule has 1 N–H and O–H groups in total. The number of rotatable bonds is 6. The molecule has 0 unspecified atom stereocenters. The lowest BCUT2D eigenvalue weighted by molar-refractivity contribution is 0.102. The molecule has 0 fully saturated rings. The molecule has 0 saturated heterocycles. The molecule has 2 aromatic rings. The Kier molecular flexibility index (Phi) is 6.47. The predicted molar refractivity (Wildman–Crippen MR) is 98.6 cm³/mol. The number of carbonyl (C=O) groups is 1. The van der Waals surface area contributed by atoms with Gasteiger partial charge in [0, 0.05) is 15.7 Å². The Labute approximate surface area is 152 Å². The van der Waals surface area contributed by atoms with Crippen LogP contribution in [0.3, 0.4) is 0 Å². The van der Waals surface area contributed by atoms with Gasteiger partial charge < -0.3 is 14.8 Å². The molecule has 1 amide bonds. The van der Waals surface area contributed by atoms with Crippen LogP contribution in [0.25, 0.3) is 0 Å². The van der Waals surface area contributed by atoms with E-state index in [1.165, 1.54) is 0 Å². The molecule has 4 nitrogen and oxygen atoms in total. The van der Waals surface area contributed by atoms with Gasteiger partial charge in [0.05, 0.1) is 18.2 Å². The first-order chi connectivity index (χ1) is 11.0. The number of hydrogen-bond acceptors (Lipinski definition) is 3. The smallest absolute Gasteiger partial charge is 0.255 e. The maximum absolute atomic E-state index is 12.4. The highest BCUT2D eigenvalue weighted by molar-refractivity contribution is 9.10. The summed E-state index contributed by atoms with van der Waals surface area (Å²) in [5.41, 5.74) is 1.21. The molecule has 0 saturated carbocycles. The van der Waals surface area contributed by atoms with Crippen LogP contribution in [0, 0.1) is 0 Å². The van der Waals surface area contributed by atoms with Crippen LogP contribution in [-0.2, 0) is 0 Å². The highest BCUT2D eigenvalue weighted by Gasteiger charge is 2.15. The topological polar surface area (TPSA) is 47.6 Å². The van der Waals surface area contributed by atoms with Gasteiger partial charge in [0.25, 0.3) is 5.91 Å². The van der Waals surface area contributed by atoms with Crippen molar-refractivity contribution < 1.29 is 14.3 Å². The van der Waals surface area contributed by atoms with Crippen molar-refractivity contribution >= 4 is 43.5 Å². The Balaban J connectivity index is 2.23. The summed E-state index contributed by atoms with van der Waals surface area (Å²) < 4.78 is 12.6. The molecule has 6 heteroatoms. The Morgan fingerprint density at radius 2 is 1.87 bits per heavy atom. The summed E-state index contributed by atoms with van der Waals surface area (Å²) in [7, 11) is 1.55. The minimum Gasteiger partial charge on any atom is -0.493 e. The molecule has 0 heterocycles. The molecule has 0 spiro atoms. The number of halogens is 2. The SMILES string of the molecule is CCCOc1c(Br)cc(C(=O)Nc2ccc(Br)cc2)cc1OC. The molecule has 0 bridgehead atoms. The maximum atomic E-state index is 12.4. The molecule has 0 aliphatic rings. The maximum Gasteiger partial charge on any atom is 0.255 e. The van der Waals surface area contributed by atoms with Gasteiger partial charge >= 0.3 is 0 Å². The second kappa shape index (κ2) is 8.36. The fourth-order valence-corrected chi connectivity index (χ4v) is 2.75. The van der Waals surface area contributed by atoms with Crippen molar-refractivity contribution in [2.75, 3.05) is 19.0 Å². The first-order valence-electron chi connectivity index (χ1n) is 7.12. The van der Waals surface area contributed by atoms with E-state index in [0.29, 0.717) is 28.1 Å². The normalized spacial score (nSPS) is 10.3. The zero-order valence-corrected chi connectivity index (χ0v) is 16.0. The molecule has 2 rings (SSSR count). The first-order valence-corrected chi connectivity index (χ1v) is 8.71. The van der Waals surface area contributed by atoms with Crippen molar-refractivity contribution in [1.29, 1.82) is 0 Å². The summed E-state index contributed by atoms with van der Waals surface area (Å²) in [5.74, 6) is 0.914. The number of hydrogen-bond donors (Lipinski definition) is 1. The highest BCUT2D eigenvalue weighted by atomic mass is 79.9. The second-order valence-electron chi connectivity index (χ2n) is 4.80. The lowest BCUT2D eigenvalue weighted by Crippen LogP contribution is -2.12. The van der Waals surface area contributed by atoms with E-state index in [1.807, 2.05) is 31.2 Å². The third-order valence-corrected chi connectivity index (χ3v) is 4.16. The second-order valence-corrected chi connectivity index (χ2v) is 6.57. The van der Waals surface area contributed by atoms with Crippen molar-refractivity contribution in [2.24, 2.45) is 0 Å². The number of anilines is 1. The Morgan fingerprint density at radius 1 is 1.17 bits per heavy atom. The van der Waals surface area contributed by atoms with Crippen LogP contribution in [-0.4, -0.2) is 19.6 Å². The van der Waals surface area contributed by atoms with Crippen LogP contribution >= 0.6 is 31.9 Å². The minimum atomic E-state index is -0.214. The quantitative estimate of drug-likeness (QED) is 0.663. The monoisotopic (exact) mass is 441 g/mol. The fraction of sp³-hybridized carbons (Fsp3) is 0.235. The average Bonchev–Trinajstić information content (AvgIpc) is 2.55. The molecular formula is C17H17Br2NO3. The van der Waals surface area contributed by atoms with Gasteiger partial charge in [0.2, 0.25) is 0 Å². The van der Waals surface area contributed by atoms with Crippen LogP contribution in [0.15, 0.2) is 45.3 Å². The van der Waals surface area contributed by atoms with Crippen molar-refractivity contribution in [3.8, 4) is 11.5 Å². The number of ether oxygens (including phenoxy) is 2. The van der Waals surface area contributed by atoms with E-state index in [0.717, 1.165) is 16.6 Å². The summed E-state index contributed by atoms with van der Waals surface area (Å²) in [5, 5.41) is 2.85. The highest BCUT2D eigenvalue weighted by Crippen LogP contribution is 2.37. The van der Waals surface area contributed by atoms with Crippen LogP contribution in [0.5, 0.6) is 11.5 Å². The van der Waals surface area contributed by atoms with Crippen LogP contribution in [0.4, 0.5) is 5.69 Å². The van der Waals surface area contributed by atoms with E-state index < -0.39 is 0 Å². The molecule has 2 aromatic carbocycles.